The Morgan fingerprint density at radius 3 is 2.85 bits per heavy atom. The lowest BCUT2D eigenvalue weighted by atomic mass is 9.79. The summed E-state index contributed by atoms with van der Waals surface area (Å²) in [5.41, 5.74) is 1.08. The van der Waals surface area contributed by atoms with Crippen molar-refractivity contribution in [2.75, 3.05) is 0 Å². The van der Waals surface area contributed by atoms with Crippen LogP contribution in [0.25, 0.3) is 0 Å². The zero-order valence-electron chi connectivity index (χ0n) is 11.1. The molecular formula is C16H17NO3. The van der Waals surface area contributed by atoms with E-state index in [1.54, 1.807) is 0 Å². The standard InChI is InChI=1S/C16H17NO3/c18-15(17-8-9-4-2-1-3-5-9)13-10-6-11-12(7-10)20-16(19)14(11)13/h1-5,10-14H,6-8H2,(H,17,18)/t10-,11-,12+,13+,14-/m0/s1. The molecule has 20 heavy (non-hydrogen) atoms. The fourth-order valence-electron chi connectivity index (χ4n) is 4.27. The average Bonchev–Trinajstić information content (AvgIpc) is 3.07. The van der Waals surface area contributed by atoms with Gasteiger partial charge < -0.3 is 10.1 Å². The Kier molecular flexibility index (Phi) is 2.59. The van der Waals surface area contributed by atoms with Gasteiger partial charge in [0.1, 0.15) is 6.10 Å². The third kappa shape index (κ3) is 1.67. The van der Waals surface area contributed by atoms with Gasteiger partial charge in [0.15, 0.2) is 0 Å². The molecule has 1 aromatic rings. The molecule has 1 amide bonds. The highest BCUT2D eigenvalue weighted by Gasteiger charge is 2.63. The summed E-state index contributed by atoms with van der Waals surface area (Å²) < 4.78 is 5.36. The van der Waals surface area contributed by atoms with Crippen LogP contribution in [0.5, 0.6) is 0 Å². The maximum Gasteiger partial charge on any atom is 0.310 e. The predicted octanol–water partition coefficient (Wildman–Crippen LogP) is 1.50. The molecule has 3 aliphatic rings. The van der Waals surface area contributed by atoms with Gasteiger partial charge in [0.05, 0.1) is 11.8 Å². The SMILES string of the molecule is O=C(NCc1ccccc1)[C@@H]1[C@H]2C[C@@H]3[C@@H]1C(=O)O[C@@H]3C2. The summed E-state index contributed by atoms with van der Waals surface area (Å²) >= 11 is 0. The number of hydrogen-bond donors (Lipinski definition) is 1. The number of nitrogens with one attached hydrogen (secondary N) is 1. The van der Waals surface area contributed by atoms with Crippen molar-refractivity contribution in [3.05, 3.63) is 35.9 Å². The third-order valence-corrected chi connectivity index (χ3v) is 5.10. The molecule has 0 unspecified atom stereocenters. The fourth-order valence-corrected chi connectivity index (χ4v) is 4.27. The molecule has 2 bridgehead atoms. The van der Waals surface area contributed by atoms with Crippen LogP contribution in [0.2, 0.25) is 0 Å². The molecule has 0 aromatic heterocycles. The quantitative estimate of drug-likeness (QED) is 0.848. The van der Waals surface area contributed by atoms with E-state index in [1.165, 1.54) is 0 Å². The fraction of sp³-hybridized carbons (Fsp3) is 0.500. The number of ether oxygens (including phenoxy) is 1. The molecule has 0 radical (unpaired) electrons. The maximum absolute atomic E-state index is 12.4. The van der Waals surface area contributed by atoms with Crippen LogP contribution in [0.4, 0.5) is 0 Å². The van der Waals surface area contributed by atoms with E-state index in [-0.39, 0.29) is 29.8 Å². The molecule has 4 rings (SSSR count). The van der Waals surface area contributed by atoms with Crippen LogP contribution in [0, 0.1) is 23.7 Å². The van der Waals surface area contributed by atoms with Gasteiger partial charge in [-0.1, -0.05) is 30.3 Å². The van der Waals surface area contributed by atoms with Crippen molar-refractivity contribution in [2.24, 2.45) is 23.7 Å². The van der Waals surface area contributed by atoms with Crippen LogP contribution < -0.4 is 5.32 Å². The number of amides is 1. The molecule has 1 saturated heterocycles. The second-order valence-electron chi connectivity index (χ2n) is 6.13. The van der Waals surface area contributed by atoms with Crippen LogP contribution in [0.3, 0.4) is 0 Å². The first-order valence-electron chi connectivity index (χ1n) is 7.26. The second kappa shape index (κ2) is 4.33. The summed E-state index contributed by atoms with van der Waals surface area (Å²) in [5.74, 6) is 0.130. The molecule has 1 aromatic carbocycles. The number of esters is 1. The topological polar surface area (TPSA) is 55.4 Å². The van der Waals surface area contributed by atoms with E-state index in [1.807, 2.05) is 30.3 Å². The average molecular weight is 271 g/mol. The Morgan fingerprint density at radius 2 is 2.05 bits per heavy atom. The van der Waals surface area contributed by atoms with Crippen molar-refractivity contribution in [1.29, 1.82) is 0 Å². The first-order valence-corrected chi connectivity index (χ1v) is 7.26. The number of benzene rings is 1. The Balaban J connectivity index is 1.46. The first kappa shape index (κ1) is 11.9. The van der Waals surface area contributed by atoms with Crippen molar-refractivity contribution >= 4 is 11.9 Å². The molecule has 104 valence electrons. The van der Waals surface area contributed by atoms with Gasteiger partial charge in [-0.25, -0.2) is 0 Å². The molecule has 0 spiro atoms. The molecule has 2 aliphatic carbocycles. The van der Waals surface area contributed by atoms with E-state index in [2.05, 4.69) is 5.32 Å². The van der Waals surface area contributed by atoms with Gasteiger partial charge in [0.25, 0.3) is 0 Å². The highest BCUT2D eigenvalue weighted by molar-refractivity contribution is 5.88. The molecule has 5 atom stereocenters. The number of rotatable bonds is 3. The molecule has 1 N–H and O–H groups in total. The normalized spacial score (nSPS) is 37.0. The van der Waals surface area contributed by atoms with Crippen LogP contribution in [-0.2, 0) is 20.9 Å². The van der Waals surface area contributed by atoms with Gasteiger partial charge >= 0.3 is 5.97 Å². The Morgan fingerprint density at radius 1 is 1.25 bits per heavy atom. The molecule has 4 heteroatoms. The van der Waals surface area contributed by atoms with E-state index < -0.39 is 0 Å². The minimum Gasteiger partial charge on any atom is -0.462 e. The molecule has 4 nitrogen and oxygen atoms in total. The van der Waals surface area contributed by atoms with E-state index in [9.17, 15) is 9.59 Å². The Bertz CT molecular complexity index is 554. The summed E-state index contributed by atoms with van der Waals surface area (Å²) in [6, 6.07) is 9.84. The van der Waals surface area contributed by atoms with Crippen LogP contribution in [0.15, 0.2) is 30.3 Å². The van der Waals surface area contributed by atoms with Crippen LogP contribution in [-0.4, -0.2) is 18.0 Å². The van der Waals surface area contributed by atoms with Crippen LogP contribution >= 0.6 is 0 Å². The molecule has 1 aliphatic heterocycles. The Hall–Kier alpha value is -1.84. The van der Waals surface area contributed by atoms with Gasteiger partial charge in [-0.15, -0.1) is 0 Å². The van der Waals surface area contributed by atoms with Gasteiger partial charge in [-0.05, 0) is 24.3 Å². The smallest absolute Gasteiger partial charge is 0.310 e. The zero-order chi connectivity index (χ0) is 13.7. The van der Waals surface area contributed by atoms with Gasteiger partial charge in [-0.3, -0.25) is 9.59 Å². The predicted molar refractivity (Wildman–Crippen MR) is 71.4 cm³/mol. The van der Waals surface area contributed by atoms with Crippen molar-refractivity contribution in [2.45, 2.75) is 25.5 Å². The highest BCUT2D eigenvalue weighted by atomic mass is 16.6. The van der Waals surface area contributed by atoms with Crippen LogP contribution in [0.1, 0.15) is 18.4 Å². The summed E-state index contributed by atoms with van der Waals surface area (Å²) in [5, 5.41) is 2.98. The Labute approximate surface area is 117 Å². The van der Waals surface area contributed by atoms with Gasteiger partial charge in [0.2, 0.25) is 5.91 Å². The zero-order valence-corrected chi connectivity index (χ0v) is 11.1. The summed E-state index contributed by atoms with van der Waals surface area (Å²) in [7, 11) is 0. The van der Waals surface area contributed by atoms with Gasteiger partial charge in [0, 0.05) is 12.5 Å². The van der Waals surface area contributed by atoms with E-state index in [0.29, 0.717) is 18.4 Å². The number of fused-ring (bicyclic) bond motifs is 1. The maximum atomic E-state index is 12.4. The summed E-state index contributed by atoms with van der Waals surface area (Å²) in [6.45, 7) is 0.527. The molecule has 3 fully saturated rings. The minimum absolute atomic E-state index is 0.0173. The second-order valence-corrected chi connectivity index (χ2v) is 6.13. The number of carbonyl (C=O) groups is 2. The lowest BCUT2D eigenvalue weighted by Crippen LogP contribution is -2.39. The van der Waals surface area contributed by atoms with E-state index >= 15 is 0 Å². The summed E-state index contributed by atoms with van der Waals surface area (Å²) in [6.07, 6.45) is 1.94. The third-order valence-electron chi connectivity index (χ3n) is 5.10. The highest BCUT2D eigenvalue weighted by Crippen LogP contribution is 2.57. The summed E-state index contributed by atoms with van der Waals surface area (Å²) in [4.78, 5) is 24.3. The lowest BCUT2D eigenvalue weighted by molar-refractivity contribution is -0.146. The van der Waals surface area contributed by atoms with Gasteiger partial charge in [-0.2, -0.15) is 0 Å². The van der Waals surface area contributed by atoms with Crippen molar-refractivity contribution in [3.63, 3.8) is 0 Å². The molecule has 1 heterocycles. The first-order chi connectivity index (χ1) is 9.74. The number of carbonyl (C=O) groups excluding carboxylic acids is 2. The molecular weight excluding hydrogens is 254 g/mol. The monoisotopic (exact) mass is 271 g/mol. The lowest BCUT2D eigenvalue weighted by Gasteiger charge is -2.23. The minimum atomic E-state index is -0.186. The van der Waals surface area contributed by atoms with Crippen molar-refractivity contribution in [3.8, 4) is 0 Å². The van der Waals surface area contributed by atoms with E-state index in [0.717, 1.165) is 18.4 Å². The van der Waals surface area contributed by atoms with Crippen molar-refractivity contribution < 1.29 is 14.3 Å². The number of hydrogen-bond acceptors (Lipinski definition) is 3. The molecule has 2 saturated carbocycles. The van der Waals surface area contributed by atoms with E-state index in [4.69, 9.17) is 4.74 Å². The van der Waals surface area contributed by atoms with Crippen molar-refractivity contribution in [1.82, 2.24) is 5.32 Å². The largest absolute Gasteiger partial charge is 0.462 e.